The van der Waals surface area contributed by atoms with Crippen LogP contribution in [0.3, 0.4) is 0 Å². The standard InChI is InChI=1S/C22H20N2O/c1-25-21-15-9-8-14-19(21)20(16-23)24-22(17-10-4-2-5-11-17)18-12-6-3-7-13-18/h2-15,20,22,24H,1H3/t20-/m1/s1. The number of ether oxygens (including phenoxy) is 1. The van der Waals surface area contributed by atoms with E-state index in [-0.39, 0.29) is 6.04 Å². The van der Waals surface area contributed by atoms with E-state index in [1.807, 2.05) is 60.7 Å². The highest BCUT2D eigenvalue weighted by molar-refractivity contribution is 5.40. The molecule has 3 heteroatoms. The molecule has 3 nitrogen and oxygen atoms in total. The molecule has 0 amide bonds. The van der Waals surface area contributed by atoms with Crippen LogP contribution < -0.4 is 10.1 Å². The monoisotopic (exact) mass is 328 g/mol. The molecular weight excluding hydrogens is 308 g/mol. The fourth-order valence-corrected chi connectivity index (χ4v) is 2.94. The molecular formula is C22H20N2O. The number of benzene rings is 3. The summed E-state index contributed by atoms with van der Waals surface area (Å²) in [7, 11) is 1.62. The molecule has 0 bridgehead atoms. The molecule has 3 rings (SSSR count). The van der Waals surface area contributed by atoms with Gasteiger partial charge in [0, 0.05) is 5.56 Å². The summed E-state index contributed by atoms with van der Waals surface area (Å²) >= 11 is 0. The van der Waals surface area contributed by atoms with Gasteiger partial charge < -0.3 is 4.74 Å². The first kappa shape index (κ1) is 16.8. The van der Waals surface area contributed by atoms with Gasteiger partial charge in [0.05, 0.1) is 19.2 Å². The Labute approximate surface area is 148 Å². The highest BCUT2D eigenvalue weighted by Gasteiger charge is 2.21. The van der Waals surface area contributed by atoms with Gasteiger partial charge in [0.1, 0.15) is 11.8 Å². The molecule has 0 saturated heterocycles. The van der Waals surface area contributed by atoms with Crippen LogP contribution in [-0.4, -0.2) is 7.11 Å². The largest absolute Gasteiger partial charge is 0.496 e. The molecule has 1 N–H and O–H groups in total. The van der Waals surface area contributed by atoms with E-state index in [1.165, 1.54) is 0 Å². The van der Waals surface area contributed by atoms with Crippen molar-refractivity contribution in [3.63, 3.8) is 0 Å². The van der Waals surface area contributed by atoms with Crippen molar-refractivity contribution >= 4 is 0 Å². The highest BCUT2D eigenvalue weighted by atomic mass is 16.5. The van der Waals surface area contributed by atoms with Crippen molar-refractivity contribution in [3.05, 3.63) is 102 Å². The van der Waals surface area contributed by atoms with E-state index < -0.39 is 6.04 Å². The second kappa shape index (κ2) is 8.14. The van der Waals surface area contributed by atoms with Gasteiger partial charge in [0.25, 0.3) is 0 Å². The second-order valence-electron chi connectivity index (χ2n) is 5.73. The van der Waals surface area contributed by atoms with Crippen LogP contribution in [0.25, 0.3) is 0 Å². The summed E-state index contributed by atoms with van der Waals surface area (Å²) in [6.45, 7) is 0. The first-order valence-corrected chi connectivity index (χ1v) is 8.22. The van der Waals surface area contributed by atoms with Crippen LogP contribution >= 0.6 is 0 Å². The quantitative estimate of drug-likeness (QED) is 0.717. The van der Waals surface area contributed by atoms with Crippen molar-refractivity contribution in [3.8, 4) is 11.8 Å². The van der Waals surface area contributed by atoms with Gasteiger partial charge in [-0.1, -0.05) is 78.9 Å². The zero-order valence-electron chi connectivity index (χ0n) is 14.1. The van der Waals surface area contributed by atoms with E-state index in [9.17, 15) is 5.26 Å². The van der Waals surface area contributed by atoms with Gasteiger partial charge in [0.15, 0.2) is 0 Å². The summed E-state index contributed by atoms with van der Waals surface area (Å²) in [6, 6.07) is 29.7. The Morgan fingerprint density at radius 1 is 0.800 bits per heavy atom. The van der Waals surface area contributed by atoms with Gasteiger partial charge in [-0.3, -0.25) is 5.32 Å². The minimum atomic E-state index is -0.485. The average Bonchev–Trinajstić information content (AvgIpc) is 2.70. The van der Waals surface area contributed by atoms with E-state index in [2.05, 4.69) is 35.7 Å². The molecule has 3 aromatic rings. The van der Waals surface area contributed by atoms with Crippen LogP contribution in [0.2, 0.25) is 0 Å². The molecule has 0 saturated carbocycles. The van der Waals surface area contributed by atoms with Gasteiger partial charge in [-0.05, 0) is 17.2 Å². The Kier molecular flexibility index (Phi) is 5.46. The van der Waals surface area contributed by atoms with Gasteiger partial charge in [-0.15, -0.1) is 0 Å². The molecule has 25 heavy (non-hydrogen) atoms. The average molecular weight is 328 g/mol. The lowest BCUT2D eigenvalue weighted by atomic mass is 9.96. The molecule has 0 fully saturated rings. The number of nitrogens with zero attached hydrogens (tertiary/aromatic N) is 1. The Morgan fingerprint density at radius 3 is 1.84 bits per heavy atom. The number of hydrogen-bond donors (Lipinski definition) is 1. The first-order chi connectivity index (χ1) is 12.3. The maximum atomic E-state index is 9.77. The van der Waals surface area contributed by atoms with E-state index >= 15 is 0 Å². The van der Waals surface area contributed by atoms with Crippen molar-refractivity contribution in [1.29, 1.82) is 5.26 Å². The van der Waals surface area contributed by atoms with E-state index in [0.717, 1.165) is 16.7 Å². The minimum absolute atomic E-state index is 0.0861. The van der Waals surface area contributed by atoms with E-state index in [1.54, 1.807) is 7.11 Å². The molecule has 0 aliphatic rings. The van der Waals surface area contributed by atoms with Crippen LogP contribution in [0.1, 0.15) is 28.8 Å². The number of rotatable bonds is 6. The third-order valence-electron chi connectivity index (χ3n) is 4.18. The van der Waals surface area contributed by atoms with Crippen molar-refractivity contribution in [2.75, 3.05) is 7.11 Å². The van der Waals surface area contributed by atoms with Gasteiger partial charge in [-0.25, -0.2) is 0 Å². The van der Waals surface area contributed by atoms with Crippen LogP contribution in [0.15, 0.2) is 84.9 Å². The molecule has 0 spiro atoms. The molecule has 0 aromatic heterocycles. The highest BCUT2D eigenvalue weighted by Crippen LogP contribution is 2.29. The van der Waals surface area contributed by atoms with Gasteiger partial charge in [-0.2, -0.15) is 5.26 Å². The SMILES string of the molecule is COc1ccccc1[C@@H](C#N)NC(c1ccccc1)c1ccccc1. The molecule has 0 aliphatic carbocycles. The number of nitrogens with one attached hydrogen (secondary N) is 1. The lowest BCUT2D eigenvalue weighted by Gasteiger charge is -2.24. The zero-order valence-corrected chi connectivity index (χ0v) is 14.1. The third-order valence-corrected chi connectivity index (χ3v) is 4.18. The first-order valence-electron chi connectivity index (χ1n) is 8.22. The van der Waals surface area contributed by atoms with Crippen molar-refractivity contribution < 1.29 is 4.74 Å². The normalized spacial score (nSPS) is 11.7. The maximum Gasteiger partial charge on any atom is 0.125 e. The van der Waals surface area contributed by atoms with Crippen molar-refractivity contribution in [2.45, 2.75) is 12.1 Å². The lowest BCUT2D eigenvalue weighted by molar-refractivity contribution is 0.403. The molecule has 0 unspecified atom stereocenters. The predicted octanol–water partition coefficient (Wildman–Crippen LogP) is 4.64. The fourth-order valence-electron chi connectivity index (χ4n) is 2.94. The number of hydrogen-bond acceptors (Lipinski definition) is 3. The Hall–Kier alpha value is -3.09. The third kappa shape index (κ3) is 3.88. The van der Waals surface area contributed by atoms with Crippen LogP contribution in [0, 0.1) is 11.3 Å². The summed E-state index contributed by atoms with van der Waals surface area (Å²) < 4.78 is 5.43. The summed E-state index contributed by atoms with van der Waals surface area (Å²) in [5.41, 5.74) is 3.07. The van der Waals surface area contributed by atoms with Gasteiger partial charge in [0.2, 0.25) is 0 Å². The molecule has 0 heterocycles. The van der Waals surface area contributed by atoms with Crippen LogP contribution in [0.4, 0.5) is 0 Å². The fraction of sp³-hybridized carbons (Fsp3) is 0.136. The number of para-hydroxylation sites is 1. The topological polar surface area (TPSA) is 45.0 Å². The lowest BCUT2D eigenvalue weighted by Crippen LogP contribution is -2.27. The Morgan fingerprint density at radius 2 is 1.32 bits per heavy atom. The second-order valence-corrected chi connectivity index (χ2v) is 5.73. The van der Waals surface area contributed by atoms with Gasteiger partial charge >= 0.3 is 0 Å². The summed E-state index contributed by atoms with van der Waals surface area (Å²) in [4.78, 5) is 0. The molecule has 0 radical (unpaired) electrons. The van der Waals surface area contributed by atoms with E-state index in [4.69, 9.17) is 4.74 Å². The molecule has 0 aliphatic heterocycles. The van der Waals surface area contributed by atoms with Crippen molar-refractivity contribution in [2.24, 2.45) is 0 Å². The molecule has 3 aromatic carbocycles. The molecule has 124 valence electrons. The molecule has 1 atom stereocenters. The number of methoxy groups -OCH3 is 1. The Balaban J connectivity index is 1.98. The Bertz CT molecular complexity index is 801. The summed E-state index contributed by atoms with van der Waals surface area (Å²) in [5.74, 6) is 0.710. The smallest absolute Gasteiger partial charge is 0.125 e. The maximum absolute atomic E-state index is 9.77. The number of nitriles is 1. The summed E-state index contributed by atoms with van der Waals surface area (Å²) in [6.07, 6.45) is 0. The van der Waals surface area contributed by atoms with E-state index in [0.29, 0.717) is 5.75 Å². The predicted molar refractivity (Wildman–Crippen MR) is 99.2 cm³/mol. The zero-order chi connectivity index (χ0) is 17.5. The van der Waals surface area contributed by atoms with Crippen LogP contribution in [0.5, 0.6) is 5.75 Å². The summed E-state index contributed by atoms with van der Waals surface area (Å²) in [5, 5.41) is 13.3. The minimum Gasteiger partial charge on any atom is -0.496 e. The van der Waals surface area contributed by atoms with Crippen molar-refractivity contribution in [1.82, 2.24) is 5.32 Å². The van der Waals surface area contributed by atoms with Crippen LogP contribution in [-0.2, 0) is 0 Å².